The number of aromatic nitrogens is 3. The molecule has 4 amide bonds. The van der Waals surface area contributed by atoms with Gasteiger partial charge < -0.3 is 11.1 Å². The van der Waals surface area contributed by atoms with Crippen LogP contribution in [0.3, 0.4) is 0 Å². The normalized spacial score (nSPS) is 17.6. The molecule has 1 aromatic carbocycles. The van der Waals surface area contributed by atoms with Gasteiger partial charge in [-0.15, -0.1) is 0 Å². The van der Waals surface area contributed by atoms with E-state index in [4.69, 9.17) is 5.73 Å². The zero-order chi connectivity index (χ0) is 27.7. The van der Waals surface area contributed by atoms with Crippen molar-refractivity contribution in [2.45, 2.75) is 38.8 Å². The van der Waals surface area contributed by atoms with Gasteiger partial charge in [0.15, 0.2) is 17.5 Å². The predicted octanol–water partition coefficient (Wildman–Crippen LogP) is 2.88. The molecule has 0 spiro atoms. The molecule has 4 rings (SSSR count). The molecule has 3 heterocycles. The molecule has 12 heteroatoms. The lowest BCUT2D eigenvalue weighted by Gasteiger charge is -2.45. The fourth-order valence-electron chi connectivity index (χ4n) is 4.70. The molecule has 1 saturated heterocycles. The molecule has 0 unspecified atom stereocenters. The molecule has 3 N–H and O–H groups in total. The van der Waals surface area contributed by atoms with Crippen molar-refractivity contribution in [1.29, 1.82) is 0 Å². The number of nitrogens with zero attached hydrogens (tertiary/aromatic N) is 5. The number of rotatable bonds is 7. The minimum atomic E-state index is -1.15. The van der Waals surface area contributed by atoms with Gasteiger partial charge in [-0.2, -0.15) is 5.10 Å². The summed E-state index contributed by atoms with van der Waals surface area (Å²) >= 11 is 0. The monoisotopic (exact) mass is 525 g/mol. The molecule has 10 nitrogen and oxygen atoms in total. The Balaban J connectivity index is 1.63. The molecule has 0 bridgehead atoms. The third-order valence-corrected chi connectivity index (χ3v) is 6.61. The topological polar surface area (TPSA) is 126 Å². The molecule has 0 radical (unpaired) electrons. The zero-order valence-electron chi connectivity index (χ0n) is 21.5. The number of nitrogens with two attached hydrogens (primary N) is 1. The molecule has 1 aliphatic heterocycles. The number of likely N-dealkylation sites (tertiary alicyclic amines) is 1. The molecule has 2 aromatic heterocycles. The average Bonchev–Trinajstić information content (AvgIpc) is 3.30. The summed E-state index contributed by atoms with van der Waals surface area (Å²) in [6.45, 7) is 3.44. The summed E-state index contributed by atoms with van der Waals surface area (Å²) in [7, 11) is 3.20. The number of halogens is 2. The van der Waals surface area contributed by atoms with Gasteiger partial charge in [0.1, 0.15) is 11.9 Å². The molecular weight excluding hydrogens is 496 g/mol. The Kier molecular flexibility index (Phi) is 7.42. The van der Waals surface area contributed by atoms with Crippen LogP contribution in [0.15, 0.2) is 42.6 Å². The highest BCUT2D eigenvalue weighted by Crippen LogP contribution is 2.33. The molecule has 1 aliphatic rings. The standard InChI is InChI=1S/C26H29F2N7O3/c1-5-19(16-7-6-8-18(27)22(16)28)31-26(38)35-23(25(37)34(4)21-9-10-33(3)32-21)17(24(35)36)12-15-11-14(2)30-20(29)13-15/h6-11,13,17,19,23H,5,12H2,1-4H3,(H2,29,30)(H,31,38)/t17-,19-,23+/m1/s1. The zero-order valence-corrected chi connectivity index (χ0v) is 21.5. The van der Waals surface area contributed by atoms with Crippen LogP contribution in [0.1, 0.15) is 36.2 Å². The third kappa shape index (κ3) is 5.06. The maximum absolute atomic E-state index is 14.4. The van der Waals surface area contributed by atoms with E-state index in [1.54, 1.807) is 45.3 Å². The van der Waals surface area contributed by atoms with Crippen LogP contribution in [0.5, 0.6) is 0 Å². The second-order valence-electron chi connectivity index (χ2n) is 9.30. The van der Waals surface area contributed by atoms with E-state index < -0.39 is 47.5 Å². The van der Waals surface area contributed by atoms with Crippen LogP contribution in [-0.2, 0) is 23.1 Å². The number of benzene rings is 1. The van der Waals surface area contributed by atoms with Crippen LogP contribution in [0, 0.1) is 24.5 Å². The van der Waals surface area contributed by atoms with Gasteiger partial charge in [0, 0.05) is 37.6 Å². The summed E-state index contributed by atoms with van der Waals surface area (Å²) in [5.74, 6) is -3.46. The Bertz CT molecular complexity index is 1370. The highest BCUT2D eigenvalue weighted by molar-refractivity contribution is 6.12. The number of nitrogen functional groups attached to an aromatic ring is 1. The van der Waals surface area contributed by atoms with E-state index in [-0.39, 0.29) is 24.2 Å². The van der Waals surface area contributed by atoms with Gasteiger partial charge >= 0.3 is 6.03 Å². The molecular formula is C26H29F2N7O3. The summed E-state index contributed by atoms with van der Waals surface area (Å²) in [4.78, 5) is 46.4. The van der Waals surface area contributed by atoms with Crippen molar-refractivity contribution in [2.75, 3.05) is 17.7 Å². The Morgan fingerprint density at radius 3 is 2.61 bits per heavy atom. The fourth-order valence-corrected chi connectivity index (χ4v) is 4.70. The van der Waals surface area contributed by atoms with Crippen LogP contribution >= 0.6 is 0 Å². The van der Waals surface area contributed by atoms with Crippen molar-refractivity contribution >= 4 is 29.5 Å². The first kappa shape index (κ1) is 26.7. The summed E-state index contributed by atoms with van der Waals surface area (Å²) in [5.41, 5.74) is 7.15. The molecule has 1 fully saturated rings. The second kappa shape index (κ2) is 10.6. The summed E-state index contributed by atoms with van der Waals surface area (Å²) in [5, 5.41) is 6.82. The number of nitrogens with one attached hydrogen (secondary N) is 1. The maximum Gasteiger partial charge on any atom is 0.325 e. The number of hydrogen-bond donors (Lipinski definition) is 2. The van der Waals surface area contributed by atoms with Crippen molar-refractivity contribution in [2.24, 2.45) is 13.0 Å². The van der Waals surface area contributed by atoms with Crippen LogP contribution in [0.25, 0.3) is 0 Å². The van der Waals surface area contributed by atoms with Gasteiger partial charge in [0.25, 0.3) is 5.91 Å². The van der Waals surface area contributed by atoms with Crippen molar-refractivity contribution < 1.29 is 23.2 Å². The SMILES string of the molecule is CC[C@@H](NC(=O)N1C(=O)[C@H](Cc2cc(C)nc(N)c2)[C@H]1C(=O)N(C)c1ccn(C)n1)c1cccc(F)c1F. The van der Waals surface area contributed by atoms with E-state index >= 15 is 0 Å². The summed E-state index contributed by atoms with van der Waals surface area (Å²) in [6, 6.07) is 5.74. The Morgan fingerprint density at radius 2 is 1.97 bits per heavy atom. The van der Waals surface area contributed by atoms with Gasteiger partial charge in [-0.05, 0) is 43.5 Å². The van der Waals surface area contributed by atoms with E-state index in [0.717, 1.165) is 11.0 Å². The minimum absolute atomic E-state index is 0.0541. The Hall–Kier alpha value is -4.35. The van der Waals surface area contributed by atoms with Crippen LogP contribution in [0.2, 0.25) is 0 Å². The average molecular weight is 526 g/mol. The predicted molar refractivity (Wildman–Crippen MR) is 136 cm³/mol. The van der Waals surface area contributed by atoms with Crippen molar-refractivity contribution in [3.63, 3.8) is 0 Å². The largest absolute Gasteiger partial charge is 0.384 e. The molecule has 200 valence electrons. The number of carbonyl (C=O) groups is 3. The number of carbonyl (C=O) groups excluding carboxylic acids is 3. The van der Waals surface area contributed by atoms with Crippen molar-refractivity contribution in [3.8, 4) is 0 Å². The van der Waals surface area contributed by atoms with Gasteiger partial charge in [0.05, 0.1) is 12.0 Å². The van der Waals surface area contributed by atoms with Gasteiger partial charge in [-0.3, -0.25) is 24.1 Å². The van der Waals surface area contributed by atoms with Crippen LogP contribution in [0.4, 0.5) is 25.2 Å². The number of aryl methyl sites for hydroxylation is 2. The van der Waals surface area contributed by atoms with E-state index in [2.05, 4.69) is 15.4 Å². The molecule has 3 atom stereocenters. The molecule has 0 saturated carbocycles. The molecule has 0 aliphatic carbocycles. The van der Waals surface area contributed by atoms with Gasteiger partial charge in [0.2, 0.25) is 5.91 Å². The van der Waals surface area contributed by atoms with Gasteiger partial charge in [-0.25, -0.2) is 18.6 Å². The maximum atomic E-state index is 14.4. The lowest BCUT2D eigenvalue weighted by molar-refractivity contribution is -0.156. The molecule has 3 aromatic rings. The number of pyridine rings is 1. The fraction of sp³-hybridized carbons (Fsp3) is 0.346. The van der Waals surface area contributed by atoms with Crippen LogP contribution < -0.4 is 16.0 Å². The Labute approximate surface area is 218 Å². The lowest BCUT2D eigenvalue weighted by atomic mass is 9.81. The van der Waals surface area contributed by atoms with E-state index in [1.165, 1.54) is 28.8 Å². The van der Waals surface area contributed by atoms with Crippen LogP contribution in [-0.4, -0.2) is 50.6 Å². The highest BCUT2D eigenvalue weighted by atomic mass is 19.2. The number of β-lactam (4-membered cyclic amide) rings is 1. The Morgan fingerprint density at radius 1 is 1.24 bits per heavy atom. The lowest BCUT2D eigenvalue weighted by Crippen LogP contribution is -2.70. The molecule has 38 heavy (non-hydrogen) atoms. The second-order valence-corrected chi connectivity index (χ2v) is 9.30. The van der Waals surface area contributed by atoms with E-state index in [1.807, 2.05) is 0 Å². The summed E-state index contributed by atoms with van der Waals surface area (Å²) in [6.07, 6.45) is 2.03. The number of likely N-dealkylation sites (N-methyl/N-ethyl adjacent to an activating group) is 1. The summed E-state index contributed by atoms with van der Waals surface area (Å²) < 4.78 is 29.8. The number of amides is 4. The van der Waals surface area contributed by atoms with E-state index in [0.29, 0.717) is 17.1 Å². The van der Waals surface area contributed by atoms with Crippen molar-refractivity contribution in [3.05, 3.63) is 71.1 Å². The third-order valence-electron chi connectivity index (χ3n) is 6.61. The van der Waals surface area contributed by atoms with Gasteiger partial charge in [-0.1, -0.05) is 19.1 Å². The minimum Gasteiger partial charge on any atom is -0.384 e. The number of hydrogen-bond acceptors (Lipinski definition) is 6. The number of imide groups is 1. The first-order valence-electron chi connectivity index (χ1n) is 12.1. The highest BCUT2D eigenvalue weighted by Gasteiger charge is 2.55. The quantitative estimate of drug-likeness (QED) is 0.457. The number of urea groups is 1. The van der Waals surface area contributed by atoms with E-state index in [9.17, 15) is 23.2 Å². The smallest absolute Gasteiger partial charge is 0.325 e. The first-order chi connectivity index (χ1) is 18.0. The first-order valence-corrected chi connectivity index (χ1v) is 12.1. The van der Waals surface area contributed by atoms with Crippen molar-refractivity contribution in [1.82, 2.24) is 25.0 Å². The number of anilines is 2.